The molecule has 0 spiro atoms. The molecule has 1 atom stereocenters. The Morgan fingerprint density at radius 1 is 1.00 bits per heavy atom. The van der Waals surface area contributed by atoms with Gasteiger partial charge >= 0.3 is 6.18 Å². The summed E-state index contributed by atoms with van der Waals surface area (Å²) in [4.78, 5) is 28.0. The number of amides is 1. The molecule has 13 heteroatoms. The smallest absolute Gasteiger partial charge is 0.367 e. The molecule has 2 fully saturated rings. The second-order valence-corrected chi connectivity index (χ2v) is 10.3. The Hall–Kier alpha value is -3.84. The van der Waals surface area contributed by atoms with Gasteiger partial charge in [0.25, 0.3) is 5.91 Å². The van der Waals surface area contributed by atoms with Gasteiger partial charge in [-0.1, -0.05) is 0 Å². The van der Waals surface area contributed by atoms with Gasteiger partial charge in [-0.3, -0.25) is 4.79 Å². The Morgan fingerprint density at radius 3 is 2.37 bits per heavy atom. The maximum atomic E-state index is 15.6. The van der Waals surface area contributed by atoms with Crippen LogP contribution in [0.4, 0.5) is 39.3 Å². The van der Waals surface area contributed by atoms with Crippen LogP contribution in [0.3, 0.4) is 0 Å². The van der Waals surface area contributed by atoms with Crippen molar-refractivity contribution in [3.8, 4) is 11.1 Å². The van der Waals surface area contributed by atoms with Gasteiger partial charge in [-0.25, -0.2) is 18.7 Å². The average molecular weight is 576 g/mol. The minimum Gasteiger partial charge on any atom is -0.367 e. The van der Waals surface area contributed by atoms with E-state index in [1.54, 1.807) is 0 Å². The molecule has 0 unspecified atom stereocenters. The molecule has 3 aromatic rings. The van der Waals surface area contributed by atoms with Gasteiger partial charge in [0.15, 0.2) is 0 Å². The van der Waals surface area contributed by atoms with E-state index >= 15 is 4.39 Å². The van der Waals surface area contributed by atoms with E-state index in [0.29, 0.717) is 36.8 Å². The average Bonchev–Trinajstić information content (AvgIpc) is 2.95. The number of aromatic nitrogens is 2. The minimum absolute atomic E-state index is 0.0771. The van der Waals surface area contributed by atoms with E-state index < -0.39 is 34.8 Å². The topological polar surface area (TPSA) is 76.6 Å². The Morgan fingerprint density at radius 2 is 1.71 bits per heavy atom. The molecule has 0 bridgehead atoms. The van der Waals surface area contributed by atoms with Crippen LogP contribution < -0.4 is 20.4 Å². The molecule has 41 heavy (non-hydrogen) atoms. The lowest BCUT2D eigenvalue weighted by molar-refractivity contribution is -0.138. The number of rotatable bonds is 5. The fourth-order valence-corrected chi connectivity index (χ4v) is 5.04. The third-order valence-electron chi connectivity index (χ3n) is 7.51. The molecule has 5 rings (SSSR count). The molecular weight excluding hydrogens is 545 g/mol. The number of likely N-dealkylation sites (N-methyl/N-ethyl adjacent to an activating group) is 1. The first kappa shape index (κ1) is 28.7. The number of anilines is 3. The van der Waals surface area contributed by atoms with Gasteiger partial charge < -0.3 is 25.3 Å². The number of carbonyl (C=O) groups is 1. The lowest BCUT2D eigenvalue weighted by atomic mass is 10.0. The summed E-state index contributed by atoms with van der Waals surface area (Å²) in [7, 11) is 1.96. The zero-order valence-electron chi connectivity index (χ0n) is 22.6. The van der Waals surface area contributed by atoms with E-state index in [-0.39, 0.29) is 23.4 Å². The second-order valence-electron chi connectivity index (χ2n) is 10.3. The lowest BCUT2D eigenvalue weighted by Gasteiger charge is -2.39. The van der Waals surface area contributed by atoms with E-state index in [1.807, 2.05) is 23.8 Å². The van der Waals surface area contributed by atoms with E-state index in [2.05, 4.69) is 25.5 Å². The highest BCUT2D eigenvalue weighted by molar-refractivity contribution is 6.07. The molecule has 3 heterocycles. The number of nitrogens with zero attached hydrogens (tertiary/aromatic N) is 5. The first-order valence-corrected chi connectivity index (χ1v) is 13.3. The van der Waals surface area contributed by atoms with E-state index in [1.165, 1.54) is 24.5 Å². The second kappa shape index (κ2) is 11.6. The van der Waals surface area contributed by atoms with Gasteiger partial charge in [-0.05, 0) is 44.3 Å². The van der Waals surface area contributed by atoms with Gasteiger partial charge in [-0.2, -0.15) is 13.2 Å². The molecular formula is C28H30F5N7O. The number of halogens is 5. The maximum Gasteiger partial charge on any atom is 0.417 e. The van der Waals surface area contributed by atoms with E-state index in [4.69, 9.17) is 0 Å². The van der Waals surface area contributed by atoms with Crippen LogP contribution in [0.2, 0.25) is 0 Å². The molecule has 2 aliphatic heterocycles. The van der Waals surface area contributed by atoms with Gasteiger partial charge in [-0.15, -0.1) is 0 Å². The van der Waals surface area contributed by atoms with Crippen molar-refractivity contribution in [3.63, 3.8) is 0 Å². The van der Waals surface area contributed by atoms with Crippen molar-refractivity contribution >= 4 is 23.2 Å². The van der Waals surface area contributed by atoms with Crippen molar-refractivity contribution in [3.05, 3.63) is 65.5 Å². The van der Waals surface area contributed by atoms with Gasteiger partial charge in [0.2, 0.25) is 5.95 Å². The molecule has 218 valence electrons. The zero-order valence-corrected chi connectivity index (χ0v) is 22.6. The summed E-state index contributed by atoms with van der Waals surface area (Å²) in [6.07, 6.45) is -2.00. The number of hydrogen-bond acceptors (Lipinski definition) is 7. The monoisotopic (exact) mass is 575 g/mol. The lowest BCUT2D eigenvalue weighted by Crippen LogP contribution is -2.50. The number of alkyl halides is 3. The molecule has 0 aliphatic carbocycles. The zero-order chi connectivity index (χ0) is 29.3. The van der Waals surface area contributed by atoms with Crippen LogP contribution in [0, 0.1) is 11.6 Å². The largest absolute Gasteiger partial charge is 0.417 e. The number of piperazine rings is 2. The summed E-state index contributed by atoms with van der Waals surface area (Å²) in [5, 5.41) is 5.79. The first-order chi connectivity index (χ1) is 19.5. The van der Waals surface area contributed by atoms with Crippen molar-refractivity contribution < 1.29 is 26.7 Å². The van der Waals surface area contributed by atoms with Gasteiger partial charge in [0.1, 0.15) is 11.6 Å². The molecule has 1 amide bonds. The van der Waals surface area contributed by atoms with Gasteiger partial charge in [0, 0.05) is 75.4 Å². The molecule has 1 aromatic heterocycles. The van der Waals surface area contributed by atoms with Gasteiger partial charge in [0.05, 0.1) is 22.5 Å². The highest BCUT2D eigenvalue weighted by Gasteiger charge is 2.36. The highest BCUT2D eigenvalue weighted by Crippen LogP contribution is 2.37. The maximum absolute atomic E-state index is 15.6. The van der Waals surface area contributed by atoms with Crippen LogP contribution in [-0.2, 0) is 6.18 Å². The Bertz CT molecular complexity index is 1410. The number of carbonyl (C=O) groups excluding carboxylic acids is 1. The van der Waals surface area contributed by atoms with Crippen molar-refractivity contribution in [1.82, 2.24) is 20.2 Å². The number of benzene rings is 2. The summed E-state index contributed by atoms with van der Waals surface area (Å²) < 4.78 is 70.2. The highest BCUT2D eigenvalue weighted by atomic mass is 19.4. The Labute approximate surface area is 234 Å². The molecule has 2 saturated heterocycles. The summed E-state index contributed by atoms with van der Waals surface area (Å²) >= 11 is 0. The SMILES string of the molecule is C[C@@H]1CN(c2cc(F)c(-c3cnc(N4CCNCC4)nc3)cc2NC(=O)c2ccc(F)cc2C(F)(F)F)CCN1C. The summed E-state index contributed by atoms with van der Waals surface area (Å²) in [6.45, 7) is 6.71. The van der Waals surface area contributed by atoms with Crippen LogP contribution in [-0.4, -0.2) is 79.7 Å². The third kappa shape index (κ3) is 6.25. The first-order valence-electron chi connectivity index (χ1n) is 13.3. The molecule has 0 radical (unpaired) electrons. The van der Waals surface area contributed by atoms with Crippen molar-refractivity contribution in [2.24, 2.45) is 0 Å². The summed E-state index contributed by atoms with van der Waals surface area (Å²) in [5.41, 5.74) is -1.28. The minimum atomic E-state index is -4.96. The van der Waals surface area contributed by atoms with Crippen molar-refractivity contribution in [1.29, 1.82) is 0 Å². The van der Waals surface area contributed by atoms with Crippen LogP contribution in [0.15, 0.2) is 42.7 Å². The molecule has 8 nitrogen and oxygen atoms in total. The third-order valence-corrected chi connectivity index (χ3v) is 7.51. The fraction of sp³-hybridized carbons (Fsp3) is 0.393. The van der Waals surface area contributed by atoms with Crippen LogP contribution in [0.1, 0.15) is 22.8 Å². The fourth-order valence-electron chi connectivity index (χ4n) is 5.04. The van der Waals surface area contributed by atoms with Crippen LogP contribution in [0.5, 0.6) is 0 Å². The Balaban J connectivity index is 1.52. The molecule has 0 saturated carbocycles. The predicted molar refractivity (Wildman–Crippen MR) is 146 cm³/mol. The quantitative estimate of drug-likeness (QED) is 0.441. The number of nitrogens with one attached hydrogen (secondary N) is 2. The van der Waals surface area contributed by atoms with Crippen molar-refractivity contribution in [2.45, 2.75) is 19.1 Å². The van der Waals surface area contributed by atoms with Crippen molar-refractivity contribution in [2.75, 3.05) is 68.0 Å². The standard InChI is InChI=1S/C28H30F5N7O/c1-17-16-40(10-9-38(17)2)25-13-23(30)21(18-14-35-27(36-15-18)39-7-5-34-6-8-39)12-24(25)37-26(41)20-4-3-19(29)11-22(20)28(31,32)33/h3-4,11-15,17,34H,5-10,16H2,1-2H3,(H,37,41)/t17-/m1/s1. The molecule has 2 N–H and O–H groups in total. The van der Waals surface area contributed by atoms with Crippen LogP contribution in [0.25, 0.3) is 11.1 Å². The van der Waals surface area contributed by atoms with Crippen LogP contribution >= 0.6 is 0 Å². The number of hydrogen-bond donors (Lipinski definition) is 2. The molecule has 2 aliphatic rings. The van der Waals surface area contributed by atoms with E-state index in [9.17, 15) is 22.4 Å². The summed E-state index contributed by atoms with van der Waals surface area (Å²) in [5.74, 6) is -2.30. The Kier molecular flexibility index (Phi) is 8.09. The normalized spacial score (nSPS) is 18.5. The summed E-state index contributed by atoms with van der Waals surface area (Å²) in [6, 6.07) is 4.62. The molecule has 2 aromatic carbocycles. The van der Waals surface area contributed by atoms with E-state index in [0.717, 1.165) is 38.3 Å². The predicted octanol–water partition coefficient (Wildman–Crippen LogP) is 4.24.